The van der Waals surface area contributed by atoms with Crippen molar-refractivity contribution in [3.63, 3.8) is 0 Å². The van der Waals surface area contributed by atoms with Crippen LogP contribution in [0.1, 0.15) is 39.3 Å². The molecule has 0 aromatic carbocycles. The third-order valence-corrected chi connectivity index (χ3v) is 4.28. The first-order valence-electron chi connectivity index (χ1n) is 7.23. The summed E-state index contributed by atoms with van der Waals surface area (Å²) in [7, 11) is 0. The third-order valence-electron chi connectivity index (χ3n) is 3.33. The van der Waals surface area contributed by atoms with Gasteiger partial charge in [0.15, 0.2) is 5.13 Å². The van der Waals surface area contributed by atoms with E-state index in [9.17, 15) is 0 Å². The monoisotopic (exact) mass is 283 g/mol. The van der Waals surface area contributed by atoms with E-state index in [0.717, 1.165) is 37.1 Å². The normalized spacial score (nSPS) is 19.3. The molecule has 0 spiro atoms. The first-order chi connectivity index (χ1) is 9.19. The molecule has 1 atom stereocenters. The summed E-state index contributed by atoms with van der Waals surface area (Å²) < 4.78 is 5.72. The molecule has 1 aromatic heterocycles. The molecule has 0 amide bonds. The molecule has 0 radical (unpaired) electrons. The van der Waals surface area contributed by atoms with Gasteiger partial charge in [-0.25, -0.2) is 4.98 Å². The summed E-state index contributed by atoms with van der Waals surface area (Å²) in [6.45, 7) is 10.2. The number of hydrogen-bond donors (Lipinski definition) is 1. The van der Waals surface area contributed by atoms with Crippen LogP contribution < -0.4 is 10.2 Å². The van der Waals surface area contributed by atoms with Crippen LogP contribution in [-0.4, -0.2) is 36.8 Å². The van der Waals surface area contributed by atoms with E-state index >= 15 is 0 Å². The molecule has 2 rings (SSSR count). The Morgan fingerprint density at radius 2 is 2.42 bits per heavy atom. The summed E-state index contributed by atoms with van der Waals surface area (Å²) in [6.07, 6.45) is 2.77. The van der Waals surface area contributed by atoms with Crippen molar-refractivity contribution in [1.29, 1.82) is 0 Å². The van der Waals surface area contributed by atoms with Crippen LogP contribution in [0.25, 0.3) is 0 Å². The zero-order valence-corrected chi connectivity index (χ0v) is 13.0. The molecular weight excluding hydrogens is 258 g/mol. The van der Waals surface area contributed by atoms with Crippen molar-refractivity contribution in [2.45, 2.75) is 52.3 Å². The fourth-order valence-electron chi connectivity index (χ4n) is 2.21. The lowest BCUT2D eigenvalue weighted by molar-refractivity contribution is 0.115. The van der Waals surface area contributed by atoms with Crippen LogP contribution in [0.3, 0.4) is 0 Å². The van der Waals surface area contributed by atoms with Gasteiger partial charge in [-0.15, -0.1) is 11.3 Å². The van der Waals surface area contributed by atoms with E-state index in [1.54, 1.807) is 11.3 Å². The number of hydrogen-bond acceptors (Lipinski definition) is 5. The Bertz CT molecular complexity index is 375. The molecule has 1 aliphatic heterocycles. The predicted octanol–water partition coefficient (Wildman–Crippen LogP) is 2.65. The zero-order valence-electron chi connectivity index (χ0n) is 12.2. The van der Waals surface area contributed by atoms with E-state index in [-0.39, 0.29) is 0 Å². The molecule has 0 aliphatic carbocycles. The van der Waals surface area contributed by atoms with Gasteiger partial charge in [-0.1, -0.05) is 13.8 Å². The van der Waals surface area contributed by atoms with Crippen molar-refractivity contribution >= 4 is 16.5 Å². The van der Waals surface area contributed by atoms with Crippen LogP contribution in [0.2, 0.25) is 0 Å². The van der Waals surface area contributed by atoms with Crippen LogP contribution in [0.4, 0.5) is 5.13 Å². The minimum Gasteiger partial charge on any atom is -0.376 e. The standard InChI is InChI=1S/C14H25N3OS/c1-4-17(9-13-6-5-7-18-13)14-16-12(10-19-14)8-15-11(2)3/h10-11,13,15H,4-9H2,1-3H3. The minimum absolute atomic E-state index is 0.390. The highest BCUT2D eigenvalue weighted by Crippen LogP contribution is 2.23. The van der Waals surface area contributed by atoms with E-state index < -0.39 is 0 Å². The smallest absolute Gasteiger partial charge is 0.185 e. The summed E-state index contributed by atoms with van der Waals surface area (Å²) in [6, 6.07) is 0.499. The summed E-state index contributed by atoms with van der Waals surface area (Å²) in [5, 5.41) is 6.69. The fraction of sp³-hybridized carbons (Fsp3) is 0.786. The maximum atomic E-state index is 5.72. The molecule has 0 bridgehead atoms. The highest BCUT2D eigenvalue weighted by Gasteiger charge is 2.20. The first kappa shape index (κ1) is 14.8. The molecule has 1 saturated heterocycles. The Labute approximate surface area is 120 Å². The van der Waals surface area contributed by atoms with Crippen molar-refractivity contribution in [2.24, 2.45) is 0 Å². The van der Waals surface area contributed by atoms with Gasteiger partial charge in [0.1, 0.15) is 0 Å². The van der Waals surface area contributed by atoms with Crippen molar-refractivity contribution in [1.82, 2.24) is 10.3 Å². The second-order valence-corrected chi connectivity index (χ2v) is 6.17. The quantitative estimate of drug-likeness (QED) is 0.835. The highest BCUT2D eigenvalue weighted by molar-refractivity contribution is 7.13. The number of nitrogens with zero attached hydrogens (tertiary/aromatic N) is 2. The van der Waals surface area contributed by atoms with Gasteiger partial charge in [-0.2, -0.15) is 0 Å². The Kier molecular flexibility index (Phi) is 5.60. The Morgan fingerprint density at radius 1 is 1.58 bits per heavy atom. The van der Waals surface area contributed by atoms with E-state index in [0.29, 0.717) is 12.1 Å². The van der Waals surface area contributed by atoms with Crippen LogP contribution in [0.5, 0.6) is 0 Å². The number of aromatic nitrogens is 1. The van der Waals surface area contributed by atoms with E-state index in [1.807, 2.05) is 0 Å². The molecule has 19 heavy (non-hydrogen) atoms. The van der Waals surface area contributed by atoms with Gasteiger partial charge in [0.25, 0.3) is 0 Å². The van der Waals surface area contributed by atoms with Crippen LogP contribution in [0, 0.1) is 0 Å². The lowest BCUT2D eigenvalue weighted by Crippen LogP contribution is -2.32. The summed E-state index contributed by atoms with van der Waals surface area (Å²) in [4.78, 5) is 7.05. The molecule has 5 heteroatoms. The zero-order chi connectivity index (χ0) is 13.7. The number of nitrogens with one attached hydrogen (secondary N) is 1. The molecule has 4 nitrogen and oxygen atoms in total. The van der Waals surface area contributed by atoms with Crippen molar-refractivity contribution in [3.8, 4) is 0 Å². The van der Waals surface area contributed by atoms with Crippen LogP contribution in [0.15, 0.2) is 5.38 Å². The molecule has 1 unspecified atom stereocenters. The Balaban J connectivity index is 1.90. The van der Waals surface area contributed by atoms with Gasteiger partial charge in [0.2, 0.25) is 0 Å². The lowest BCUT2D eigenvalue weighted by atomic mass is 10.2. The van der Waals surface area contributed by atoms with Crippen LogP contribution >= 0.6 is 11.3 Å². The van der Waals surface area contributed by atoms with Gasteiger partial charge in [-0.3, -0.25) is 0 Å². The van der Waals surface area contributed by atoms with E-state index in [4.69, 9.17) is 9.72 Å². The van der Waals surface area contributed by atoms with Crippen molar-refractivity contribution < 1.29 is 4.74 Å². The number of anilines is 1. The SMILES string of the molecule is CCN(CC1CCCO1)c1nc(CNC(C)C)cs1. The Morgan fingerprint density at radius 3 is 3.05 bits per heavy atom. The van der Waals surface area contributed by atoms with Gasteiger partial charge in [0, 0.05) is 37.7 Å². The maximum absolute atomic E-state index is 5.72. The molecule has 1 fully saturated rings. The maximum Gasteiger partial charge on any atom is 0.185 e. The summed E-state index contributed by atoms with van der Waals surface area (Å²) in [5.41, 5.74) is 1.14. The minimum atomic E-state index is 0.390. The van der Waals surface area contributed by atoms with Gasteiger partial charge in [0.05, 0.1) is 11.8 Å². The molecule has 1 N–H and O–H groups in total. The van der Waals surface area contributed by atoms with E-state index in [1.165, 1.54) is 12.8 Å². The lowest BCUT2D eigenvalue weighted by Gasteiger charge is -2.23. The third kappa shape index (κ3) is 4.44. The van der Waals surface area contributed by atoms with Crippen LogP contribution in [-0.2, 0) is 11.3 Å². The van der Waals surface area contributed by atoms with Gasteiger partial charge >= 0.3 is 0 Å². The molecule has 108 valence electrons. The molecule has 1 aromatic rings. The van der Waals surface area contributed by atoms with Gasteiger partial charge in [-0.05, 0) is 19.8 Å². The second kappa shape index (κ2) is 7.22. The van der Waals surface area contributed by atoms with Gasteiger partial charge < -0.3 is 15.0 Å². The molecular formula is C14H25N3OS. The summed E-state index contributed by atoms with van der Waals surface area (Å²) >= 11 is 1.74. The first-order valence-corrected chi connectivity index (χ1v) is 8.11. The average molecular weight is 283 g/mol. The number of ether oxygens (including phenoxy) is 1. The highest BCUT2D eigenvalue weighted by atomic mass is 32.1. The average Bonchev–Trinajstić information content (AvgIpc) is 3.04. The fourth-order valence-corrected chi connectivity index (χ4v) is 3.11. The topological polar surface area (TPSA) is 37.4 Å². The predicted molar refractivity (Wildman–Crippen MR) is 81.0 cm³/mol. The van der Waals surface area contributed by atoms with Crippen molar-refractivity contribution in [2.75, 3.05) is 24.6 Å². The Hall–Kier alpha value is -0.650. The summed E-state index contributed by atoms with van der Waals surface area (Å²) in [5.74, 6) is 0. The second-order valence-electron chi connectivity index (χ2n) is 5.33. The molecule has 1 aliphatic rings. The van der Waals surface area contributed by atoms with E-state index in [2.05, 4.69) is 36.4 Å². The number of rotatable bonds is 7. The number of thiazole rings is 1. The molecule has 2 heterocycles. The number of likely N-dealkylation sites (N-methyl/N-ethyl adjacent to an activating group) is 1. The van der Waals surface area contributed by atoms with Crippen molar-refractivity contribution in [3.05, 3.63) is 11.1 Å². The molecule has 0 saturated carbocycles. The largest absolute Gasteiger partial charge is 0.376 e.